The highest BCUT2D eigenvalue weighted by molar-refractivity contribution is 7.89. The Labute approximate surface area is 190 Å². The van der Waals surface area contributed by atoms with Crippen LogP contribution in [0.5, 0.6) is 5.75 Å². The van der Waals surface area contributed by atoms with Crippen LogP contribution >= 0.6 is 0 Å². The summed E-state index contributed by atoms with van der Waals surface area (Å²) in [6.07, 6.45) is 0.288. The highest BCUT2D eigenvalue weighted by Gasteiger charge is 2.35. The van der Waals surface area contributed by atoms with Crippen molar-refractivity contribution < 1.29 is 22.9 Å². The number of nitrogen functional groups attached to an aromatic ring is 1. The number of fused-ring (bicyclic) bond motifs is 1. The molecule has 1 fully saturated rings. The largest absolute Gasteiger partial charge is 0.497 e. The van der Waals surface area contributed by atoms with E-state index >= 15 is 0 Å². The van der Waals surface area contributed by atoms with Crippen molar-refractivity contribution >= 4 is 38.1 Å². The fourth-order valence-corrected chi connectivity index (χ4v) is 5.08. The van der Waals surface area contributed by atoms with Gasteiger partial charge < -0.3 is 15.4 Å². The van der Waals surface area contributed by atoms with Crippen molar-refractivity contribution in [2.24, 2.45) is 0 Å². The quantitative estimate of drug-likeness (QED) is 0.306. The number of nitrogens with zero attached hydrogens (tertiary/aromatic N) is 2. The number of amides is 1. The number of nitro groups is 1. The molecule has 11 heteroatoms. The lowest BCUT2D eigenvalue weighted by Crippen LogP contribution is -2.41. The van der Waals surface area contributed by atoms with Gasteiger partial charge in [0, 0.05) is 19.2 Å². The maximum absolute atomic E-state index is 13.0. The fourth-order valence-electron chi connectivity index (χ4n) is 3.82. The molecular formula is C22H22N4O6S. The van der Waals surface area contributed by atoms with E-state index in [9.17, 15) is 23.3 Å². The topological polar surface area (TPSA) is 145 Å². The standard InChI is InChI=1S/C22H22N4O6S/c1-32-17-5-3-15-4-6-18(12-16(15)11-17)33(30,31)24-20-8-9-25(22(20)27)13-14-2-7-19(23)21(10-14)26(28)29/h2-7,10-12,20,24H,8-9,13,23H2,1H3/t20-/m0/s1. The van der Waals surface area contributed by atoms with Crippen LogP contribution in [0.2, 0.25) is 0 Å². The van der Waals surface area contributed by atoms with E-state index in [1.165, 1.54) is 36.3 Å². The molecule has 1 aliphatic rings. The van der Waals surface area contributed by atoms with E-state index in [4.69, 9.17) is 10.5 Å². The third-order valence-electron chi connectivity index (χ3n) is 5.59. The van der Waals surface area contributed by atoms with Crippen LogP contribution < -0.4 is 15.2 Å². The number of ether oxygens (including phenoxy) is 1. The number of nitro benzene ring substituents is 1. The van der Waals surface area contributed by atoms with E-state index in [0.717, 1.165) is 5.39 Å². The number of nitrogens with one attached hydrogen (secondary N) is 1. The number of nitrogens with two attached hydrogens (primary N) is 1. The van der Waals surface area contributed by atoms with Crippen LogP contribution in [0.4, 0.5) is 11.4 Å². The molecule has 1 atom stereocenters. The van der Waals surface area contributed by atoms with Gasteiger partial charge >= 0.3 is 0 Å². The summed E-state index contributed by atoms with van der Waals surface area (Å²) in [5, 5.41) is 12.7. The molecule has 0 radical (unpaired) electrons. The maximum Gasteiger partial charge on any atom is 0.292 e. The Balaban J connectivity index is 1.49. The van der Waals surface area contributed by atoms with Gasteiger partial charge in [-0.2, -0.15) is 4.72 Å². The highest BCUT2D eigenvalue weighted by Crippen LogP contribution is 2.26. The fraction of sp³-hybridized carbons (Fsp3) is 0.227. The van der Waals surface area contributed by atoms with Gasteiger partial charge in [-0.25, -0.2) is 8.42 Å². The molecule has 0 bridgehead atoms. The number of hydrogen-bond acceptors (Lipinski definition) is 7. The van der Waals surface area contributed by atoms with Gasteiger partial charge in [-0.1, -0.05) is 18.2 Å². The number of anilines is 1. The zero-order chi connectivity index (χ0) is 23.8. The first-order valence-corrected chi connectivity index (χ1v) is 11.6. The van der Waals surface area contributed by atoms with Crippen molar-refractivity contribution in [2.75, 3.05) is 19.4 Å². The lowest BCUT2D eigenvalue weighted by atomic mass is 10.1. The van der Waals surface area contributed by atoms with Crippen LogP contribution in [0.3, 0.4) is 0 Å². The number of benzene rings is 3. The Morgan fingerprint density at radius 3 is 2.64 bits per heavy atom. The van der Waals surface area contributed by atoms with Gasteiger partial charge in [-0.05, 0) is 53.1 Å². The molecule has 33 heavy (non-hydrogen) atoms. The molecule has 0 aliphatic carbocycles. The molecule has 10 nitrogen and oxygen atoms in total. The first-order chi connectivity index (χ1) is 15.7. The van der Waals surface area contributed by atoms with Gasteiger partial charge in [0.2, 0.25) is 15.9 Å². The van der Waals surface area contributed by atoms with Crippen molar-refractivity contribution in [1.82, 2.24) is 9.62 Å². The molecule has 3 N–H and O–H groups in total. The Kier molecular flexibility index (Phi) is 5.91. The summed E-state index contributed by atoms with van der Waals surface area (Å²) in [7, 11) is -2.42. The second kappa shape index (κ2) is 8.68. The maximum atomic E-state index is 13.0. The molecule has 0 aromatic heterocycles. The summed E-state index contributed by atoms with van der Waals surface area (Å²) in [6.45, 7) is 0.438. The van der Waals surface area contributed by atoms with Crippen LogP contribution in [-0.2, 0) is 21.4 Å². The Morgan fingerprint density at radius 1 is 1.15 bits per heavy atom. The monoisotopic (exact) mass is 470 g/mol. The molecule has 1 heterocycles. The zero-order valence-corrected chi connectivity index (χ0v) is 18.5. The van der Waals surface area contributed by atoms with E-state index in [2.05, 4.69) is 4.72 Å². The van der Waals surface area contributed by atoms with E-state index < -0.39 is 21.0 Å². The Morgan fingerprint density at radius 2 is 1.91 bits per heavy atom. The van der Waals surface area contributed by atoms with Crippen LogP contribution in [-0.4, -0.2) is 43.8 Å². The predicted octanol–water partition coefficient (Wildman–Crippen LogP) is 2.42. The smallest absolute Gasteiger partial charge is 0.292 e. The minimum atomic E-state index is -3.95. The lowest BCUT2D eigenvalue weighted by Gasteiger charge is -2.17. The second-order valence-corrected chi connectivity index (χ2v) is 9.46. The van der Waals surface area contributed by atoms with Crippen molar-refractivity contribution in [3.05, 3.63) is 70.3 Å². The lowest BCUT2D eigenvalue weighted by molar-refractivity contribution is -0.384. The molecule has 3 aromatic rings. The molecule has 0 saturated carbocycles. The molecule has 0 spiro atoms. The summed E-state index contributed by atoms with van der Waals surface area (Å²) >= 11 is 0. The number of methoxy groups -OCH3 is 1. The number of hydrogen-bond donors (Lipinski definition) is 2. The summed E-state index contributed by atoms with van der Waals surface area (Å²) in [4.78, 5) is 24.9. The number of rotatable bonds is 7. The normalized spacial score (nSPS) is 16.3. The van der Waals surface area contributed by atoms with Crippen LogP contribution in [0.1, 0.15) is 12.0 Å². The highest BCUT2D eigenvalue weighted by atomic mass is 32.2. The summed E-state index contributed by atoms with van der Waals surface area (Å²) in [5.41, 5.74) is 5.96. The van der Waals surface area contributed by atoms with Gasteiger partial charge in [-0.3, -0.25) is 14.9 Å². The molecule has 0 unspecified atom stereocenters. The third-order valence-corrected chi connectivity index (χ3v) is 7.06. The van der Waals surface area contributed by atoms with Crippen molar-refractivity contribution in [3.8, 4) is 5.75 Å². The van der Waals surface area contributed by atoms with Crippen LogP contribution in [0, 0.1) is 10.1 Å². The van der Waals surface area contributed by atoms with Gasteiger partial charge in [0.25, 0.3) is 5.69 Å². The zero-order valence-electron chi connectivity index (χ0n) is 17.7. The number of likely N-dealkylation sites (tertiary alicyclic amines) is 1. The summed E-state index contributed by atoms with van der Waals surface area (Å²) in [6, 6.07) is 13.5. The Bertz CT molecular complexity index is 1360. The van der Waals surface area contributed by atoms with E-state index in [1.807, 2.05) is 6.07 Å². The molecule has 1 aliphatic heterocycles. The number of carbonyl (C=O) groups is 1. The van der Waals surface area contributed by atoms with Crippen LogP contribution in [0.25, 0.3) is 10.8 Å². The first kappa shape index (κ1) is 22.5. The summed E-state index contributed by atoms with van der Waals surface area (Å²) in [5.74, 6) is 0.218. The second-order valence-electron chi connectivity index (χ2n) is 7.75. The van der Waals surface area contributed by atoms with Crippen molar-refractivity contribution in [3.63, 3.8) is 0 Å². The van der Waals surface area contributed by atoms with Crippen molar-refractivity contribution in [2.45, 2.75) is 23.9 Å². The van der Waals surface area contributed by atoms with E-state index in [0.29, 0.717) is 23.2 Å². The molecule has 4 rings (SSSR count). The molecule has 3 aromatic carbocycles. The number of carbonyl (C=O) groups excluding carboxylic acids is 1. The minimum absolute atomic E-state index is 0.0372. The van der Waals surface area contributed by atoms with Gasteiger partial charge in [0.15, 0.2) is 0 Å². The van der Waals surface area contributed by atoms with Gasteiger partial charge in [-0.15, -0.1) is 0 Å². The predicted molar refractivity (Wildman–Crippen MR) is 122 cm³/mol. The first-order valence-electron chi connectivity index (χ1n) is 10.1. The summed E-state index contributed by atoms with van der Waals surface area (Å²) < 4.78 is 33.6. The molecule has 172 valence electrons. The SMILES string of the molecule is COc1ccc2ccc(S(=O)(=O)N[C@H]3CCN(Cc4ccc(N)c([N+](=O)[O-])c4)C3=O)cc2c1. The van der Waals surface area contributed by atoms with E-state index in [1.54, 1.807) is 24.3 Å². The average Bonchev–Trinajstić information content (AvgIpc) is 3.12. The minimum Gasteiger partial charge on any atom is -0.497 e. The van der Waals surface area contributed by atoms with Crippen LogP contribution in [0.15, 0.2) is 59.5 Å². The van der Waals surface area contributed by atoms with Gasteiger partial charge in [0.1, 0.15) is 17.5 Å². The molecular weight excluding hydrogens is 448 g/mol. The Hall–Kier alpha value is -3.70. The van der Waals surface area contributed by atoms with Gasteiger partial charge in [0.05, 0.1) is 16.9 Å². The number of sulfonamides is 1. The third kappa shape index (κ3) is 4.59. The average molecular weight is 471 g/mol. The van der Waals surface area contributed by atoms with E-state index in [-0.39, 0.29) is 35.1 Å². The molecule has 1 saturated heterocycles. The van der Waals surface area contributed by atoms with Crippen molar-refractivity contribution in [1.29, 1.82) is 0 Å². The molecule has 1 amide bonds.